The molecule has 0 radical (unpaired) electrons. The molecule has 134 valence electrons. The van der Waals surface area contributed by atoms with Gasteiger partial charge in [-0.05, 0) is 25.1 Å². The molecule has 0 unspecified atom stereocenters. The molecule has 0 atom stereocenters. The van der Waals surface area contributed by atoms with Gasteiger partial charge in [-0.25, -0.2) is 15.0 Å². The Morgan fingerprint density at radius 2 is 1.85 bits per heavy atom. The number of imidazole rings is 1. The van der Waals surface area contributed by atoms with Crippen molar-refractivity contribution in [3.63, 3.8) is 0 Å². The summed E-state index contributed by atoms with van der Waals surface area (Å²) in [5.74, 6) is 1.77. The Labute approximate surface area is 160 Å². The summed E-state index contributed by atoms with van der Waals surface area (Å²) in [6, 6.07) is 10.3. The second-order valence-electron chi connectivity index (χ2n) is 6.57. The topological polar surface area (TPSA) is 73.3 Å². The lowest BCUT2D eigenvalue weighted by molar-refractivity contribution is 0.644. The number of aromatic nitrogens is 4. The number of nitriles is 1. The summed E-state index contributed by atoms with van der Waals surface area (Å²) in [4.78, 5) is 20.4. The number of hydrogen-bond donors (Lipinski definition) is 0. The van der Waals surface area contributed by atoms with Gasteiger partial charge in [0, 0.05) is 37.3 Å². The van der Waals surface area contributed by atoms with Gasteiger partial charge in [0.1, 0.15) is 28.7 Å². The van der Waals surface area contributed by atoms with E-state index in [-0.39, 0.29) is 0 Å². The van der Waals surface area contributed by atoms with E-state index in [9.17, 15) is 5.26 Å². The van der Waals surface area contributed by atoms with Crippen molar-refractivity contribution in [1.82, 2.24) is 19.4 Å². The zero-order valence-electron chi connectivity index (χ0n) is 14.8. The Hall–Kier alpha value is -3.18. The molecule has 0 amide bonds. The normalized spacial score (nSPS) is 14.8. The number of fused-ring (bicyclic) bond motifs is 2. The van der Waals surface area contributed by atoms with Crippen LogP contribution in [0.25, 0.3) is 15.9 Å². The van der Waals surface area contributed by atoms with Crippen LogP contribution >= 0.6 is 11.3 Å². The molecule has 1 aliphatic rings. The Bertz CT molecular complexity index is 1180. The van der Waals surface area contributed by atoms with Crippen LogP contribution in [-0.4, -0.2) is 45.5 Å². The SMILES string of the molecule is Cc1cc2c(N3CCN(c4nc5ccccn5c4C#N)CC3)ncnc2s1. The quantitative estimate of drug-likeness (QED) is 0.536. The Balaban J connectivity index is 1.43. The molecule has 5 rings (SSSR count). The Morgan fingerprint density at radius 1 is 1.07 bits per heavy atom. The second-order valence-corrected chi connectivity index (χ2v) is 7.81. The van der Waals surface area contributed by atoms with Crippen LogP contribution in [0.2, 0.25) is 0 Å². The van der Waals surface area contributed by atoms with Crippen LogP contribution in [0, 0.1) is 18.3 Å². The first-order valence-electron chi connectivity index (χ1n) is 8.83. The minimum atomic E-state index is 0.594. The molecular formula is C19H17N7S. The number of rotatable bonds is 2. The molecule has 0 N–H and O–H groups in total. The molecule has 1 aliphatic heterocycles. The van der Waals surface area contributed by atoms with Crippen molar-refractivity contribution in [2.24, 2.45) is 0 Å². The van der Waals surface area contributed by atoms with Gasteiger partial charge in [-0.15, -0.1) is 11.3 Å². The number of anilines is 2. The molecule has 4 aromatic heterocycles. The zero-order chi connectivity index (χ0) is 18.4. The number of nitrogens with zero attached hydrogens (tertiary/aromatic N) is 7. The number of piperazine rings is 1. The minimum absolute atomic E-state index is 0.594. The van der Waals surface area contributed by atoms with Crippen LogP contribution in [0.4, 0.5) is 11.6 Å². The maximum absolute atomic E-state index is 9.62. The monoisotopic (exact) mass is 375 g/mol. The molecule has 0 saturated carbocycles. The highest BCUT2D eigenvalue weighted by Gasteiger charge is 2.25. The van der Waals surface area contributed by atoms with E-state index in [1.165, 1.54) is 4.88 Å². The van der Waals surface area contributed by atoms with Crippen LogP contribution in [0.15, 0.2) is 36.8 Å². The van der Waals surface area contributed by atoms with Crippen LogP contribution in [0.1, 0.15) is 10.6 Å². The van der Waals surface area contributed by atoms with Crippen molar-refractivity contribution in [3.8, 4) is 6.07 Å². The fourth-order valence-electron chi connectivity index (χ4n) is 3.65. The van der Waals surface area contributed by atoms with Crippen molar-refractivity contribution in [2.45, 2.75) is 6.92 Å². The Morgan fingerprint density at radius 3 is 2.63 bits per heavy atom. The molecular weight excluding hydrogens is 358 g/mol. The van der Waals surface area contributed by atoms with Crippen LogP contribution in [-0.2, 0) is 0 Å². The maximum atomic E-state index is 9.62. The number of thiophene rings is 1. The fraction of sp³-hybridized carbons (Fsp3) is 0.263. The third-order valence-electron chi connectivity index (χ3n) is 4.93. The number of hydrogen-bond acceptors (Lipinski definition) is 7. The third-order valence-corrected chi connectivity index (χ3v) is 5.89. The van der Waals surface area contributed by atoms with Crippen molar-refractivity contribution in [1.29, 1.82) is 5.26 Å². The summed E-state index contributed by atoms with van der Waals surface area (Å²) >= 11 is 1.70. The standard InChI is InChI=1S/C19H17N7S/c1-13-10-14-17(21-12-22-19(14)27-13)24-6-8-25(9-7-24)18-15(11-20)26-5-3-2-4-16(26)23-18/h2-5,10,12H,6-9H2,1H3. The molecule has 1 saturated heterocycles. The molecule has 0 aromatic carbocycles. The summed E-state index contributed by atoms with van der Waals surface area (Å²) < 4.78 is 1.85. The first-order valence-corrected chi connectivity index (χ1v) is 9.64. The zero-order valence-corrected chi connectivity index (χ0v) is 15.6. The predicted molar refractivity (Wildman–Crippen MR) is 106 cm³/mol. The third kappa shape index (κ3) is 2.59. The van der Waals surface area contributed by atoms with Gasteiger partial charge in [0.2, 0.25) is 0 Å². The first kappa shape index (κ1) is 16.0. The van der Waals surface area contributed by atoms with Gasteiger partial charge in [-0.1, -0.05) is 6.07 Å². The van der Waals surface area contributed by atoms with Crippen LogP contribution in [0.3, 0.4) is 0 Å². The van der Waals surface area contributed by atoms with E-state index in [1.54, 1.807) is 17.7 Å². The minimum Gasteiger partial charge on any atom is -0.352 e. The molecule has 4 aromatic rings. The van der Waals surface area contributed by atoms with E-state index < -0.39 is 0 Å². The van der Waals surface area contributed by atoms with Crippen molar-refractivity contribution < 1.29 is 0 Å². The summed E-state index contributed by atoms with van der Waals surface area (Å²) in [5.41, 5.74) is 1.40. The summed E-state index contributed by atoms with van der Waals surface area (Å²) in [6.07, 6.45) is 3.53. The lowest BCUT2D eigenvalue weighted by atomic mass is 10.2. The fourth-order valence-corrected chi connectivity index (χ4v) is 4.50. The number of pyridine rings is 1. The highest BCUT2D eigenvalue weighted by molar-refractivity contribution is 7.18. The summed E-state index contributed by atoms with van der Waals surface area (Å²) in [5, 5.41) is 10.7. The average Bonchev–Trinajstić information content (AvgIpc) is 3.27. The second kappa shape index (κ2) is 6.21. The Kier molecular flexibility index (Phi) is 3.69. The van der Waals surface area contributed by atoms with E-state index >= 15 is 0 Å². The smallest absolute Gasteiger partial charge is 0.169 e. The predicted octanol–water partition coefficient (Wildman–Crippen LogP) is 2.85. The molecule has 0 spiro atoms. The van der Waals surface area contributed by atoms with Crippen molar-refractivity contribution >= 4 is 38.8 Å². The summed E-state index contributed by atoms with van der Waals surface area (Å²) in [7, 11) is 0. The van der Waals surface area contributed by atoms with E-state index in [4.69, 9.17) is 0 Å². The van der Waals surface area contributed by atoms with E-state index in [0.29, 0.717) is 5.69 Å². The highest BCUT2D eigenvalue weighted by Crippen LogP contribution is 2.31. The molecule has 27 heavy (non-hydrogen) atoms. The van der Waals surface area contributed by atoms with Crippen molar-refractivity contribution in [3.05, 3.63) is 47.4 Å². The molecule has 8 heteroatoms. The van der Waals surface area contributed by atoms with Gasteiger partial charge < -0.3 is 9.80 Å². The van der Waals surface area contributed by atoms with Crippen LogP contribution in [0.5, 0.6) is 0 Å². The van der Waals surface area contributed by atoms with E-state index in [0.717, 1.165) is 53.7 Å². The van der Waals surface area contributed by atoms with E-state index in [2.05, 4.69) is 43.8 Å². The molecule has 0 aliphatic carbocycles. The van der Waals surface area contributed by atoms with Crippen LogP contribution < -0.4 is 9.80 Å². The molecule has 1 fully saturated rings. The summed E-state index contributed by atoms with van der Waals surface area (Å²) in [6.45, 7) is 5.36. The number of aryl methyl sites for hydroxylation is 1. The maximum Gasteiger partial charge on any atom is 0.169 e. The lowest BCUT2D eigenvalue weighted by Crippen LogP contribution is -2.47. The molecule has 7 nitrogen and oxygen atoms in total. The van der Waals surface area contributed by atoms with Gasteiger partial charge >= 0.3 is 0 Å². The van der Waals surface area contributed by atoms with Gasteiger partial charge in [0.15, 0.2) is 11.5 Å². The first-order chi connectivity index (χ1) is 13.2. The average molecular weight is 375 g/mol. The molecule has 5 heterocycles. The van der Waals surface area contributed by atoms with Gasteiger partial charge in [-0.3, -0.25) is 4.40 Å². The van der Waals surface area contributed by atoms with Gasteiger partial charge in [-0.2, -0.15) is 5.26 Å². The van der Waals surface area contributed by atoms with Gasteiger partial charge in [0.25, 0.3) is 0 Å². The van der Waals surface area contributed by atoms with E-state index in [1.807, 2.05) is 28.8 Å². The lowest BCUT2D eigenvalue weighted by Gasteiger charge is -2.35. The molecule has 0 bridgehead atoms. The van der Waals surface area contributed by atoms with Gasteiger partial charge in [0.05, 0.1) is 5.39 Å². The highest BCUT2D eigenvalue weighted by atomic mass is 32.1. The van der Waals surface area contributed by atoms with Crippen molar-refractivity contribution in [2.75, 3.05) is 36.0 Å². The largest absolute Gasteiger partial charge is 0.352 e.